The Labute approximate surface area is 166 Å². The summed E-state index contributed by atoms with van der Waals surface area (Å²) in [6.45, 7) is 9.55. The van der Waals surface area contributed by atoms with E-state index in [1.54, 1.807) is 0 Å². The van der Waals surface area contributed by atoms with E-state index in [0.29, 0.717) is 17.1 Å². The minimum absolute atomic E-state index is 0.0467. The molecular formula is C21H25N3O3S. The van der Waals surface area contributed by atoms with Gasteiger partial charge in [-0.1, -0.05) is 35.5 Å². The molecule has 0 fully saturated rings. The van der Waals surface area contributed by atoms with Crippen LogP contribution in [0.4, 0.5) is 0 Å². The topological polar surface area (TPSA) is 85.1 Å². The number of hydrogen-bond donors (Lipinski definition) is 1. The molecule has 3 rings (SSSR count). The van der Waals surface area contributed by atoms with E-state index >= 15 is 0 Å². The Bertz CT molecular complexity index is 1070. The minimum Gasteiger partial charge on any atom is -0.338 e. The first-order valence-electron chi connectivity index (χ1n) is 9.12. The zero-order chi connectivity index (χ0) is 20.5. The minimum atomic E-state index is -3.71. The predicted octanol–water partition coefficient (Wildman–Crippen LogP) is 3.68. The van der Waals surface area contributed by atoms with Crippen molar-refractivity contribution in [1.82, 2.24) is 14.9 Å². The van der Waals surface area contributed by atoms with Crippen molar-refractivity contribution in [2.75, 3.05) is 0 Å². The number of sulfonamides is 1. The molecule has 28 heavy (non-hydrogen) atoms. The van der Waals surface area contributed by atoms with Gasteiger partial charge in [-0.15, -0.1) is 0 Å². The predicted molar refractivity (Wildman–Crippen MR) is 108 cm³/mol. The second-order valence-corrected chi connectivity index (χ2v) is 8.75. The fourth-order valence-electron chi connectivity index (χ4n) is 3.31. The Balaban J connectivity index is 1.78. The summed E-state index contributed by atoms with van der Waals surface area (Å²) in [5, 5.41) is 3.94. The Morgan fingerprint density at radius 2 is 1.46 bits per heavy atom. The molecule has 148 valence electrons. The van der Waals surface area contributed by atoms with Crippen molar-refractivity contribution < 1.29 is 12.9 Å². The van der Waals surface area contributed by atoms with Crippen molar-refractivity contribution in [3.05, 3.63) is 75.4 Å². The highest BCUT2D eigenvalue weighted by atomic mass is 32.2. The summed E-state index contributed by atoms with van der Waals surface area (Å²) < 4.78 is 33.7. The summed E-state index contributed by atoms with van der Waals surface area (Å²) in [6.07, 6.45) is 0.533. The van der Waals surface area contributed by atoms with Crippen LogP contribution in [0.2, 0.25) is 0 Å². The lowest BCUT2D eigenvalue weighted by molar-refractivity contribution is 0.371. The molecule has 0 saturated heterocycles. The van der Waals surface area contributed by atoms with E-state index in [2.05, 4.69) is 14.9 Å². The molecular weight excluding hydrogens is 374 g/mol. The highest BCUT2D eigenvalue weighted by molar-refractivity contribution is 7.89. The van der Waals surface area contributed by atoms with Gasteiger partial charge in [-0.2, -0.15) is 4.98 Å². The van der Waals surface area contributed by atoms with Crippen molar-refractivity contribution >= 4 is 10.0 Å². The number of aromatic nitrogens is 2. The van der Waals surface area contributed by atoms with E-state index in [1.165, 1.54) is 0 Å². The molecule has 0 spiro atoms. The third-order valence-electron chi connectivity index (χ3n) is 5.33. The molecule has 0 saturated carbocycles. The van der Waals surface area contributed by atoms with Gasteiger partial charge in [-0.05, 0) is 68.0 Å². The third kappa shape index (κ3) is 4.00. The highest BCUT2D eigenvalue weighted by Crippen LogP contribution is 2.29. The zero-order valence-electron chi connectivity index (χ0n) is 16.8. The maximum atomic E-state index is 13.0. The first-order valence-corrected chi connectivity index (χ1v) is 10.6. The Morgan fingerprint density at radius 1 is 0.893 bits per heavy atom. The highest BCUT2D eigenvalue weighted by Gasteiger charge is 2.24. The number of nitrogens with one attached hydrogen (secondary N) is 1. The number of hydrogen-bond acceptors (Lipinski definition) is 5. The first-order chi connectivity index (χ1) is 13.2. The van der Waals surface area contributed by atoms with Crippen molar-refractivity contribution in [2.45, 2.75) is 52.5 Å². The van der Waals surface area contributed by atoms with Gasteiger partial charge in [0.1, 0.15) is 0 Å². The van der Waals surface area contributed by atoms with Gasteiger partial charge in [0.05, 0.1) is 11.4 Å². The van der Waals surface area contributed by atoms with E-state index in [0.717, 1.165) is 33.4 Å². The van der Waals surface area contributed by atoms with E-state index in [9.17, 15) is 8.42 Å². The monoisotopic (exact) mass is 399 g/mol. The molecule has 3 aromatic rings. The molecule has 1 N–H and O–H groups in total. The SMILES string of the molecule is Cc1c(C)c(C)c(S(=O)(=O)NCc2nc(Cc3ccccc3)no2)c(C)c1C. The molecule has 2 aromatic carbocycles. The largest absolute Gasteiger partial charge is 0.338 e. The van der Waals surface area contributed by atoms with Crippen molar-refractivity contribution in [1.29, 1.82) is 0 Å². The lowest BCUT2D eigenvalue weighted by Gasteiger charge is -2.18. The van der Waals surface area contributed by atoms with Gasteiger partial charge in [0.15, 0.2) is 5.82 Å². The lowest BCUT2D eigenvalue weighted by Crippen LogP contribution is -2.26. The molecule has 0 aliphatic rings. The van der Waals surface area contributed by atoms with E-state index < -0.39 is 10.0 Å². The van der Waals surface area contributed by atoms with Gasteiger partial charge in [0, 0.05) is 6.42 Å². The van der Waals surface area contributed by atoms with Crippen LogP contribution in [0.1, 0.15) is 45.1 Å². The molecule has 6 nitrogen and oxygen atoms in total. The molecule has 0 atom stereocenters. The lowest BCUT2D eigenvalue weighted by atomic mass is 9.95. The molecule has 0 unspecified atom stereocenters. The van der Waals surface area contributed by atoms with Crippen LogP contribution in [0.15, 0.2) is 39.8 Å². The maximum Gasteiger partial charge on any atom is 0.241 e. The van der Waals surface area contributed by atoms with Gasteiger partial charge in [-0.3, -0.25) is 0 Å². The Hall–Kier alpha value is -2.51. The summed E-state index contributed by atoms with van der Waals surface area (Å²) in [7, 11) is -3.71. The average Bonchev–Trinajstić information content (AvgIpc) is 3.11. The summed E-state index contributed by atoms with van der Waals surface area (Å²) in [6, 6.07) is 9.79. The van der Waals surface area contributed by atoms with Crippen LogP contribution in [-0.4, -0.2) is 18.6 Å². The van der Waals surface area contributed by atoms with Gasteiger partial charge in [0.25, 0.3) is 0 Å². The molecule has 0 aliphatic heterocycles. The smallest absolute Gasteiger partial charge is 0.241 e. The summed E-state index contributed by atoms with van der Waals surface area (Å²) in [5.74, 6) is 0.764. The molecule has 0 bridgehead atoms. The fourth-order valence-corrected chi connectivity index (χ4v) is 4.88. The molecule has 1 aromatic heterocycles. The van der Waals surface area contributed by atoms with Crippen LogP contribution < -0.4 is 4.72 Å². The fraction of sp³-hybridized carbons (Fsp3) is 0.333. The molecule has 0 radical (unpaired) electrons. The summed E-state index contributed by atoms with van der Waals surface area (Å²) >= 11 is 0. The van der Waals surface area contributed by atoms with E-state index in [1.807, 2.05) is 65.0 Å². The summed E-state index contributed by atoms with van der Waals surface area (Å²) in [5.41, 5.74) is 5.70. The van der Waals surface area contributed by atoms with Crippen molar-refractivity contribution in [3.63, 3.8) is 0 Å². The Kier molecular flexibility index (Phi) is 5.67. The van der Waals surface area contributed by atoms with Gasteiger partial charge in [0.2, 0.25) is 15.9 Å². The molecule has 0 amide bonds. The van der Waals surface area contributed by atoms with E-state index in [-0.39, 0.29) is 12.4 Å². The number of benzene rings is 2. The van der Waals surface area contributed by atoms with Crippen LogP contribution in [0, 0.1) is 34.6 Å². The number of nitrogens with zero attached hydrogens (tertiary/aromatic N) is 2. The van der Waals surface area contributed by atoms with Gasteiger partial charge < -0.3 is 4.52 Å². The first kappa shape index (κ1) is 20.2. The van der Waals surface area contributed by atoms with E-state index in [4.69, 9.17) is 4.52 Å². The zero-order valence-corrected chi connectivity index (χ0v) is 17.6. The maximum absolute atomic E-state index is 13.0. The third-order valence-corrected chi connectivity index (χ3v) is 7.00. The molecule has 0 aliphatic carbocycles. The van der Waals surface area contributed by atoms with Crippen molar-refractivity contribution in [3.8, 4) is 0 Å². The van der Waals surface area contributed by atoms with Gasteiger partial charge >= 0.3 is 0 Å². The summed E-state index contributed by atoms with van der Waals surface area (Å²) in [4.78, 5) is 4.62. The van der Waals surface area contributed by atoms with Gasteiger partial charge in [-0.25, -0.2) is 13.1 Å². The molecule has 7 heteroatoms. The second kappa shape index (κ2) is 7.85. The van der Waals surface area contributed by atoms with Crippen LogP contribution in [0.3, 0.4) is 0 Å². The molecule has 1 heterocycles. The van der Waals surface area contributed by atoms with Crippen LogP contribution in [-0.2, 0) is 23.0 Å². The second-order valence-electron chi connectivity index (χ2n) is 7.05. The average molecular weight is 400 g/mol. The van der Waals surface area contributed by atoms with Crippen LogP contribution in [0.5, 0.6) is 0 Å². The standard InChI is InChI=1S/C21H25N3O3S/c1-13-14(2)16(4)21(17(5)15(13)3)28(25,26)22-12-20-23-19(24-27-20)11-18-9-7-6-8-10-18/h6-10,22H,11-12H2,1-5H3. The normalized spacial score (nSPS) is 11.8. The van der Waals surface area contributed by atoms with Crippen LogP contribution >= 0.6 is 0 Å². The number of rotatable bonds is 6. The van der Waals surface area contributed by atoms with Crippen LogP contribution in [0.25, 0.3) is 0 Å². The Morgan fingerprint density at radius 3 is 2.07 bits per heavy atom. The van der Waals surface area contributed by atoms with Crippen molar-refractivity contribution in [2.24, 2.45) is 0 Å². The quantitative estimate of drug-likeness (QED) is 0.683.